The fourth-order valence-corrected chi connectivity index (χ4v) is 3.83. The number of halogens is 2. The molecule has 1 heterocycles. The lowest BCUT2D eigenvalue weighted by Gasteiger charge is -2.31. The van der Waals surface area contributed by atoms with Gasteiger partial charge in [-0.2, -0.15) is 0 Å². The minimum absolute atomic E-state index is 0.0111. The van der Waals surface area contributed by atoms with Gasteiger partial charge in [-0.15, -0.1) is 0 Å². The molecule has 1 aliphatic rings. The Morgan fingerprint density at radius 2 is 2.00 bits per heavy atom. The van der Waals surface area contributed by atoms with Gasteiger partial charge >= 0.3 is 0 Å². The van der Waals surface area contributed by atoms with Crippen LogP contribution in [0.4, 0.5) is 4.39 Å². The highest BCUT2D eigenvalue weighted by atomic mass is 35.5. The molecule has 1 saturated heterocycles. The molecule has 1 amide bonds. The van der Waals surface area contributed by atoms with Gasteiger partial charge in [0.25, 0.3) is 0 Å². The van der Waals surface area contributed by atoms with Gasteiger partial charge in [-0.05, 0) is 69.1 Å². The minimum atomic E-state index is -0.277. The van der Waals surface area contributed by atoms with E-state index in [9.17, 15) is 9.18 Å². The summed E-state index contributed by atoms with van der Waals surface area (Å²) in [6.07, 6.45) is 1.52. The molecule has 0 spiro atoms. The van der Waals surface area contributed by atoms with E-state index < -0.39 is 0 Å². The maximum Gasteiger partial charge on any atom is 0.223 e. The van der Waals surface area contributed by atoms with Crippen LogP contribution in [0, 0.1) is 25.6 Å². The molecule has 29 heavy (non-hydrogen) atoms. The zero-order valence-electron chi connectivity index (χ0n) is 17.0. The van der Waals surface area contributed by atoms with E-state index in [1.165, 1.54) is 6.07 Å². The van der Waals surface area contributed by atoms with E-state index in [1.807, 2.05) is 26.0 Å². The molecule has 0 radical (unpaired) electrons. The van der Waals surface area contributed by atoms with E-state index in [0.29, 0.717) is 30.3 Å². The first kappa shape index (κ1) is 21.6. The summed E-state index contributed by atoms with van der Waals surface area (Å²) in [5, 5.41) is 3.43. The van der Waals surface area contributed by atoms with Crippen LogP contribution in [0.2, 0.25) is 5.02 Å². The number of nitrogens with zero attached hydrogens (tertiary/aromatic N) is 1. The summed E-state index contributed by atoms with van der Waals surface area (Å²) < 4.78 is 19.8. The summed E-state index contributed by atoms with van der Waals surface area (Å²) in [5.74, 6) is 0.641. The Balaban J connectivity index is 1.39. The Morgan fingerprint density at radius 1 is 1.24 bits per heavy atom. The van der Waals surface area contributed by atoms with Crippen LogP contribution in [0.5, 0.6) is 5.75 Å². The Kier molecular flexibility index (Phi) is 7.51. The molecule has 156 valence electrons. The first-order valence-electron chi connectivity index (χ1n) is 10.1. The molecule has 2 aromatic carbocycles. The molecular formula is C23H28ClFN2O2. The first-order valence-corrected chi connectivity index (χ1v) is 10.4. The zero-order valence-corrected chi connectivity index (χ0v) is 17.8. The van der Waals surface area contributed by atoms with Crippen LogP contribution in [0.1, 0.15) is 29.5 Å². The van der Waals surface area contributed by atoms with Crippen LogP contribution in [-0.2, 0) is 11.3 Å². The average molecular weight is 419 g/mol. The molecule has 4 nitrogen and oxygen atoms in total. The van der Waals surface area contributed by atoms with E-state index in [1.54, 1.807) is 12.1 Å². The Morgan fingerprint density at radius 3 is 2.72 bits per heavy atom. The van der Waals surface area contributed by atoms with Crippen molar-refractivity contribution in [3.8, 4) is 5.75 Å². The van der Waals surface area contributed by atoms with Crippen molar-refractivity contribution in [2.24, 2.45) is 5.92 Å². The molecule has 0 unspecified atom stereocenters. The zero-order chi connectivity index (χ0) is 20.8. The third-order valence-electron chi connectivity index (χ3n) is 5.40. The lowest BCUT2D eigenvalue weighted by molar-refractivity contribution is -0.126. The standard InChI is InChI=1S/C23H28ClFN2O2/c1-16-6-7-17(2)22(14-16)29-13-10-26-23(28)18-8-11-27(12-9-18)15-19-20(24)4-3-5-21(19)25/h3-7,14,18H,8-13,15H2,1-2H3,(H,26,28). The van der Waals surface area contributed by atoms with Crippen molar-refractivity contribution in [1.82, 2.24) is 10.2 Å². The maximum absolute atomic E-state index is 14.0. The number of likely N-dealkylation sites (tertiary alicyclic amines) is 1. The van der Waals surface area contributed by atoms with Crippen molar-refractivity contribution in [3.05, 3.63) is 63.9 Å². The van der Waals surface area contributed by atoms with Gasteiger partial charge in [-0.1, -0.05) is 29.8 Å². The highest BCUT2D eigenvalue weighted by Gasteiger charge is 2.25. The summed E-state index contributed by atoms with van der Waals surface area (Å²) in [7, 11) is 0. The summed E-state index contributed by atoms with van der Waals surface area (Å²) >= 11 is 6.12. The number of hydrogen-bond donors (Lipinski definition) is 1. The van der Waals surface area contributed by atoms with Gasteiger partial charge in [-0.25, -0.2) is 4.39 Å². The quantitative estimate of drug-likeness (QED) is 0.673. The van der Waals surface area contributed by atoms with Gasteiger partial charge in [0.2, 0.25) is 5.91 Å². The lowest BCUT2D eigenvalue weighted by atomic mass is 9.95. The SMILES string of the molecule is Cc1ccc(C)c(OCCNC(=O)C2CCN(Cc3c(F)cccc3Cl)CC2)c1. The predicted octanol–water partition coefficient (Wildman–Crippen LogP) is 4.50. The van der Waals surface area contributed by atoms with Crippen molar-refractivity contribution in [3.63, 3.8) is 0 Å². The van der Waals surface area contributed by atoms with E-state index >= 15 is 0 Å². The number of hydrogen-bond acceptors (Lipinski definition) is 3. The Bertz CT molecular complexity index is 831. The number of carbonyl (C=O) groups is 1. The molecular weight excluding hydrogens is 391 g/mol. The molecule has 0 bridgehead atoms. The number of ether oxygens (including phenoxy) is 1. The van der Waals surface area contributed by atoms with Gasteiger partial charge < -0.3 is 10.1 Å². The average Bonchev–Trinajstić information content (AvgIpc) is 2.71. The Hall–Kier alpha value is -2.11. The van der Waals surface area contributed by atoms with Gasteiger partial charge in [0, 0.05) is 23.0 Å². The van der Waals surface area contributed by atoms with Gasteiger partial charge in [0.05, 0.1) is 6.54 Å². The molecule has 0 saturated carbocycles. The van der Waals surface area contributed by atoms with Gasteiger partial charge in [0.1, 0.15) is 18.2 Å². The molecule has 3 rings (SSSR count). The normalized spacial score (nSPS) is 15.3. The second kappa shape index (κ2) is 10.1. The number of rotatable bonds is 7. The van der Waals surface area contributed by atoms with E-state index in [4.69, 9.17) is 16.3 Å². The number of carbonyl (C=O) groups excluding carboxylic acids is 1. The third-order valence-corrected chi connectivity index (χ3v) is 5.76. The van der Waals surface area contributed by atoms with Crippen molar-refractivity contribution in [2.75, 3.05) is 26.2 Å². The summed E-state index contributed by atoms with van der Waals surface area (Å²) in [6.45, 7) is 6.95. The molecule has 1 fully saturated rings. The number of amides is 1. The highest BCUT2D eigenvalue weighted by Crippen LogP contribution is 2.24. The predicted molar refractivity (Wildman–Crippen MR) is 114 cm³/mol. The summed E-state index contributed by atoms with van der Waals surface area (Å²) in [4.78, 5) is 14.6. The van der Waals surface area contributed by atoms with Crippen LogP contribution >= 0.6 is 11.6 Å². The Labute approximate surface area is 177 Å². The number of benzene rings is 2. The van der Waals surface area contributed by atoms with Crippen LogP contribution in [0.25, 0.3) is 0 Å². The molecule has 2 aromatic rings. The second-order valence-electron chi connectivity index (χ2n) is 7.66. The van der Waals surface area contributed by atoms with Crippen LogP contribution < -0.4 is 10.1 Å². The van der Waals surface area contributed by atoms with E-state index in [-0.39, 0.29) is 17.6 Å². The highest BCUT2D eigenvalue weighted by molar-refractivity contribution is 6.31. The van der Waals surface area contributed by atoms with Crippen molar-refractivity contribution < 1.29 is 13.9 Å². The van der Waals surface area contributed by atoms with Crippen LogP contribution in [0.3, 0.4) is 0 Å². The molecule has 0 aromatic heterocycles. The maximum atomic E-state index is 14.0. The largest absolute Gasteiger partial charge is 0.491 e. The van der Waals surface area contributed by atoms with Crippen LogP contribution in [0.15, 0.2) is 36.4 Å². The smallest absolute Gasteiger partial charge is 0.223 e. The second-order valence-corrected chi connectivity index (χ2v) is 8.07. The number of nitrogens with one attached hydrogen (secondary N) is 1. The lowest BCUT2D eigenvalue weighted by Crippen LogP contribution is -2.41. The molecule has 1 N–H and O–H groups in total. The molecule has 0 atom stereocenters. The fraction of sp³-hybridized carbons (Fsp3) is 0.435. The third kappa shape index (κ3) is 5.94. The first-order chi connectivity index (χ1) is 13.9. The monoisotopic (exact) mass is 418 g/mol. The fourth-order valence-electron chi connectivity index (χ4n) is 3.60. The molecule has 1 aliphatic heterocycles. The van der Waals surface area contributed by atoms with Crippen molar-refractivity contribution >= 4 is 17.5 Å². The van der Waals surface area contributed by atoms with E-state index in [0.717, 1.165) is 42.8 Å². The van der Waals surface area contributed by atoms with Crippen molar-refractivity contribution in [2.45, 2.75) is 33.2 Å². The molecule has 0 aliphatic carbocycles. The van der Waals surface area contributed by atoms with E-state index in [2.05, 4.69) is 16.3 Å². The summed E-state index contributed by atoms with van der Waals surface area (Å²) in [5.41, 5.74) is 2.77. The van der Waals surface area contributed by atoms with Crippen LogP contribution in [-0.4, -0.2) is 37.0 Å². The van der Waals surface area contributed by atoms with Crippen molar-refractivity contribution in [1.29, 1.82) is 0 Å². The number of aryl methyl sites for hydroxylation is 2. The van der Waals surface area contributed by atoms with Gasteiger partial charge in [-0.3, -0.25) is 9.69 Å². The topological polar surface area (TPSA) is 41.6 Å². The summed E-state index contributed by atoms with van der Waals surface area (Å²) in [6, 6.07) is 10.8. The van der Waals surface area contributed by atoms with Gasteiger partial charge in [0.15, 0.2) is 0 Å². The number of piperidine rings is 1. The minimum Gasteiger partial charge on any atom is -0.491 e. The molecule has 6 heteroatoms.